The Labute approximate surface area is 405 Å². The third-order valence-electron chi connectivity index (χ3n) is 13.1. The second-order valence-corrected chi connectivity index (χ2v) is 19.5. The van der Waals surface area contributed by atoms with Gasteiger partial charge < -0.3 is 20.6 Å². The smallest absolute Gasteiger partial charge is 0.249 e. The summed E-state index contributed by atoms with van der Waals surface area (Å²) in [4.78, 5) is 12.6. The topological polar surface area (TPSA) is 89.8 Å². The Morgan fingerprint density at radius 1 is 0.385 bits per heavy atom. The maximum absolute atomic E-state index is 12.6. The molecule has 0 radical (unpaired) electrons. The minimum Gasteiger partial charge on any atom is -0.394 e. The lowest BCUT2D eigenvalue weighted by atomic mass is 10.0. The van der Waals surface area contributed by atoms with Crippen LogP contribution in [0.2, 0.25) is 0 Å². The molecule has 0 spiro atoms. The molecule has 0 aromatic rings. The van der Waals surface area contributed by atoms with E-state index in [9.17, 15) is 20.1 Å². The highest BCUT2D eigenvalue weighted by molar-refractivity contribution is 5.80. The molecule has 0 fully saturated rings. The van der Waals surface area contributed by atoms with Crippen LogP contribution in [0.1, 0.15) is 290 Å². The van der Waals surface area contributed by atoms with E-state index in [4.69, 9.17) is 0 Å². The summed E-state index contributed by atoms with van der Waals surface area (Å²) in [7, 11) is 0. The van der Waals surface area contributed by atoms with Crippen molar-refractivity contribution >= 4 is 5.91 Å². The van der Waals surface area contributed by atoms with Gasteiger partial charge in [-0.3, -0.25) is 4.79 Å². The molecule has 0 rings (SSSR count). The third kappa shape index (κ3) is 49.8. The summed E-state index contributed by atoms with van der Waals surface area (Å²) >= 11 is 0. The molecule has 0 bridgehead atoms. The molecule has 0 saturated carbocycles. The fraction of sp³-hybridized carbons (Fsp3) is 0.817. The van der Waals surface area contributed by atoms with Gasteiger partial charge in [-0.05, 0) is 77.0 Å². The van der Waals surface area contributed by atoms with Crippen LogP contribution in [0, 0.1) is 0 Å². The molecule has 3 atom stereocenters. The number of nitrogens with one attached hydrogen (secondary N) is 1. The van der Waals surface area contributed by atoms with E-state index in [0.29, 0.717) is 6.42 Å². The molecule has 0 aromatic heterocycles. The second-order valence-electron chi connectivity index (χ2n) is 19.5. The molecule has 0 aliphatic rings. The van der Waals surface area contributed by atoms with Crippen LogP contribution in [0.5, 0.6) is 0 Å². The van der Waals surface area contributed by atoms with Gasteiger partial charge in [0.1, 0.15) is 6.10 Å². The first-order chi connectivity index (χ1) is 32.1. The summed E-state index contributed by atoms with van der Waals surface area (Å²) in [6.07, 6.45) is 74.4. The van der Waals surface area contributed by atoms with Gasteiger partial charge in [-0.25, -0.2) is 0 Å². The van der Waals surface area contributed by atoms with Gasteiger partial charge in [0.25, 0.3) is 0 Å². The van der Waals surface area contributed by atoms with Crippen LogP contribution in [-0.4, -0.2) is 46.1 Å². The molecule has 380 valence electrons. The fourth-order valence-electron chi connectivity index (χ4n) is 8.60. The molecule has 0 aromatic carbocycles. The maximum Gasteiger partial charge on any atom is 0.249 e. The fourth-order valence-corrected chi connectivity index (χ4v) is 8.60. The van der Waals surface area contributed by atoms with E-state index < -0.39 is 24.2 Å². The minimum atomic E-state index is -1.12. The number of allylic oxidation sites excluding steroid dienone is 9. The van der Waals surface area contributed by atoms with Gasteiger partial charge in [-0.15, -0.1) is 0 Å². The lowest BCUT2D eigenvalue weighted by molar-refractivity contribution is -0.131. The van der Waals surface area contributed by atoms with Crippen molar-refractivity contribution in [1.29, 1.82) is 0 Å². The van der Waals surface area contributed by atoms with Gasteiger partial charge in [-0.2, -0.15) is 0 Å². The van der Waals surface area contributed by atoms with Gasteiger partial charge >= 0.3 is 0 Å². The van der Waals surface area contributed by atoms with Crippen molar-refractivity contribution in [3.8, 4) is 0 Å². The van der Waals surface area contributed by atoms with Crippen molar-refractivity contribution in [3.05, 3.63) is 60.8 Å². The van der Waals surface area contributed by atoms with Crippen molar-refractivity contribution in [2.75, 3.05) is 6.61 Å². The highest BCUT2D eigenvalue weighted by atomic mass is 16.3. The van der Waals surface area contributed by atoms with Crippen LogP contribution in [0.25, 0.3) is 0 Å². The Balaban J connectivity index is 3.66. The van der Waals surface area contributed by atoms with Crippen molar-refractivity contribution < 1.29 is 20.1 Å². The summed E-state index contributed by atoms with van der Waals surface area (Å²) in [5.74, 6) is -0.518. The van der Waals surface area contributed by atoms with E-state index in [-0.39, 0.29) is 6.61 Å². The summed E-state index contributed by atoms with van der Waals surface area (Å²) in [5.41, 5.74) is 0. The number of hydrogen-bond acceptors (Lipinski definition) is 4. The number of unbranched alkanes of at least 4 members (excludes halogenated alkanes) is 36. The molecular formula is C60H111NO4. The average Bonchev–Trinajstić information content (AvgIpc) is 3.31. The van der Waals surface area contributed by atoms with Crippen molar-refractivity contribution in [2.24, 2.45) is 0 Å². The average molecular weight is 911 g/mol. The summed E-state index contributed by atoms with van der Waals surface area (Å²) in [6, 6.07) is -0.826. The zero-order valence-electron chi connectivity index (χ0n) is 43.4. The van der Waals surface area contributed by atoms with E-state index in [1.165, 1.54) is 218 Å². The third-order valence-corrected chi connectivity index (χ3v) is 13.1. The number of hydrogen-bond donors (Lipinski definition) is 4. The first-order valence-electron chi connectivity index (χ1n) is 28.6. The Morgan fingerprint density at radius 2 is 0.677 bits per heavy atom. The maximum atomic E-state index is 12.6. The standard InChI is InChI=1S/C60H111NO4/c1-3-5-7-9-11-13-15-17-19-21-23-25-27-29-31-33-35-37-39-41-43-45-47-49-51-53-55-59(64)60(65)61-57(56-62)58(63)54-52-50-48-46-44-42-40-38-36-34-32-30-28-26-24-22-20-18-16-14-12-10-8-6-4-2/h23,25,29,31,36,38,44,46,52,54,57-59,62-64H,3-22,24,26-28,30,32-35,37,39-43,45,47-51,53,55-56H2,1-2H3,(H,61,65)/b25-23-,31-29-,38-36+,46-44+,54-52+. The van der Waals surface area contributed by atoms with Gasteiger partial charge in [0.2, 0.25) is 5.91 Å². The van der Waals surface area contributed by atoms with E-state index >= 15 is 0 Å². The van der Waals surface area contributed by atoms with Crippen LogP contribution in [0.15, 0.2) is 60.8 Å². The highest BCUT2D eigenvalue weighted by Crippen LogP contribution is 2.16. The van der Waals surface area contributed by atoms with Crippen LogP contribution in [-0.2, 0) is 4.79 Å². The molecule has 0 aliphatic carbocycles. The number of carbonyl (C=O) groups is 1. The normalized spacial score (nSPS) is 13.7. The molecule has 0 aliphatic heterocycles. The van der Waals surface area contributed by atoms with Gasteiger partial charge in [0.05, 0.1) is 18.8 Å². The van der Waals surface area contributed by atoms with E-state index in [2.05, 4.69) is 67.8 Å². The Hall–Kier alpha value is -1.95. The minimum absolute atomic E-state index is 0.384. The van der Waals surface area contributed by atoms with E-state index in [1.807, 2.05) is 6.08 Å². The number of rotatable bonds is 52. The molecule has 5 nitrogen and oxygen atoms in total. The molecule has 1 amide bonds. The van der Waals surface area contributed by atoms with Gasteiger partial charge in [0, 0.05) is 0 Å². The quantitative estimate of drug-likeness (QED) is 0.0362. The molecule has 3 unspecified atom stereocenters. The Morgan fingerprint density at radius 3 is 1.03 bits per heavy atom. The predicted octanol–water partition coefficient (Wildman–Crippen LogP) is 17.8. The molecular weight excluding hydrogens is 799 g/mol. The summed E-state index contributed by atoms with van der Waals surface area (Å²) < 4.78 is 0. The Kier molecular flexibility index (Phi) is 53.0. The van der Waals surface area contributed by atoms with E-state index in [0.717, 1.165) is 51.4 Å². The second kappa shape index (κ2) is 54.7. The van der Waals surface area contributed by atoms with Crippen molar-refractivity contribution in [1.82, 2.24) is 5.32 Å². The summed E-state index contributed by atoms with van der Waals surface area (Å²) in [5, 5.41) is 33.3. The molecule has 0 heterocycles. The van der Waals surface area contributed by atoms with Gasteiger partial charge in [-0.1, -0.05) is 274 Å². The number of aliphatic hydroxyl groups is 3. The van der Waals surface area contributed by atoms with Crippen molar-refractivity contribution in [2.45, 2.75) is 308 Å². The van der Waals surface area contributed by atoms with Crippen LogP contribution in [0.4, 0.5) is 0 Å². The predicted molar refractivity (Wildman–Crippen MR) is 287 cm³/mol. The van der Waals surface area contributed by atoms with Crippen LogP contribution < -0.4 is 5.32 Å². The van der Waals surface area contributed by atoms with Crippen molar-refractivity contribution in [3.63, 3.8) is 0 Å². The zero-order valence-corrected chi connectivity index (χ0v) is 43.4. The Bertz CT molecular complexity index is 1090. The van der Waals surface area contributed by atoms with E-state index in [1.54, 1.807) is 6.08 Å². The molecule has 0 saturated heterocycles. The zero-order chi connectivity index (χ0) is 47.2. The molecule has 5 heteroatoms. The van der Waals surface area contributed by atoms with Crippen LogP contribution >= 0.6 is 0 Å². The SMILES string of the molecule is CCCCCCCCCCC/C=C\C/C=C\CCCCCCCCCCCCC(O)C(=O)NC(CO)C(O)/C=C/CC/C=C/CC/C=C/CCCCCCCCCCCCCCCCC. The largest absolute Gasteiger partial charge is 0.394 e. The molecule has 65 heavy (non-hydrogen) atoms. The lowest BCUT2D eigenvalue weighted by Gasteiger charge is -2.21. The first-order valence-corrected chi connectivity index (χ1v) is 28.6. The lowest BCUT2D eigenvalue weighted by Crippen LogP contribution is -2.48. The highest BCUT2D eigenvalue weighted by Gasteiger charge is 2.22. The van der Waals surface area contributed by atoms with Crippen LogP contribution in [0.3, 0.4) is 0 Å². The van der Waals surface area contributed by atoms with Gasteiger partial charge in [0.15, 0.2) is 0 Å². The number of amides is 1. The number of aliphatic hydroxyl groups excluding tert-OH is 3. The summed E-state index contributed by atoms with van der Waals surface area (Å²) in [6.45, 7) is 4.19. The first kappa shape index (κ1) is 63.0. The number of carbonyl (C=O) groups excluding carboxylic acids is 1. The monoisotopic (exact) mass is 910 g/mol. The molecule has 4 N–H and O–H groups in total.